The molecule has 1 aromatic carbocycles. The minimum atomic E-state index is -3.85. The van der Waals surface area contributed by atoms with Crippen molar-refractivity contribution in [2.75, 3.05) is 4.72 Å². The second kappa shape index (κ2) is 5.52. The Bertz CT molecular complexity index is 601. The first-order chi connectivity index (χ1) is 8.70. The van der Waals surface area contributed by atoms with Gasteiger partial charge in [-0.1, -0.05) is 6.92 Å². The minimum absolute atomic E-state index is 0.296. The lowest BCUT2D eigenvalue weighted by Gasteiger charge is -2.14. The molecule has 1 aromatic rings. The Balaban J connectivity index is 3.25. The van der Waals surface area contributed by atoms with Crippen LogP contribution in [0.4, 0.5) is 14.5 Å². The number of aromatic carboxylic acids is 1. The van der Waals surface area contributed by atoms with Gasteiger partial charge < -0.3 is 5.11 Å². The van der Waals surface area contributed by atoms with Gasteiger partial charge in [-0.05, 0) is 25.5 Å². The summed E-state index contributed by atoms with van der Waals surface area (Å²) in [4.78, 5) is 10.7. The third-order valence-corrected chi connectivity index (χ3v) is 4.56. The fraction of sp³-hybridized carbons (Fsp3) is 0.364. The predicted molar refractivity (Wildman–Crippen MR) is 65.6 cm³/mol. The number of hydrogen-bond acceptors (Lipinski definition) is 3. The van der Waals surface area contributed by atoms with Gasteiger partial charge in [0.2, 0.25) is 10.0 Å². The molecule has 1 atom stereocenters. The molecule has 5 nitrogen and oxygen atoms in total. The molecule has 0 saturated heterocycles. The standard InChI is InChI=1S/C11H13F2NO4S/c1-3-6(2)19(17,18)14-8-5-4-7(12)9(10(8)13)11(15)16/h4-6,14H,3H2,1-2H3,(H,15,16). The Morgan fingerprint density at radius 3 is 2.47 bits per heavy atom. The molecule has 2 N–H and O–H groups in total. The number of hydrogen-bond donors (Lipinski definition) is 2. The molecule has 0 bridgehead atoms. The average Bonchev–Trinajstić information content (AvgIpc) is 2.31. The van der Waals surface area contributed by atoms with E-state index in [1.165, 1.54) is 6.92 Å². The van der Waals surface area contributed by atoms with Crippen LogP contribution in [0.2, 0.25) is 0 Å². The summed E-state index contributed by atoms with van der Waals surface area (Å²) in [5.41, 5.74) is -1.77. The van der Waals surface area contributed by atoms with Gasteiger partial charge in [-0.25, -0.2) is 22.0 Å². The van der Waals surface area contributed by atoms with E-state index in [1.54, 1.807) is 6.92 Å². The average molecular weight is 293 g/mol. The van der Waals surface area contributed by atoms with E-state index in [0.717, 1.165) is 6.07 Å². The maximum absolute atomic E-state index is 13.7. The van der Waals surface area contributed by atoms with Gasteiger partial charge in [-0.15, -0.1) is 0 Å². The van der Waals surface area contributed by atoms with Gasteiger partial charge in [0.25, 0.3) is 0 Å². The van der Waals surface area contributed by atoms with Crippen molar-refractivity contribution in [3.63, 3.8) is 0 Å². The molecule has 0 aromatic heterocycles. The summed E-state index contributed by atoms with van der Waals surface area (Å²) in [5.74, 6) is -4.52. The summed E-state index contributed by atoms with van der Waals surface area (Å²) >= 11 is 0. The molecule has 0 amide bonds. The molecule has 8 heteroatoms. The molecule has 0 spiro atoms. The fourth-order valence-electron chi connectivity index (χ4n) is 1.30. The Hall–Kier alpha value is -1.70. The second-order valence-electron chi connectivity index (χ2n) is 3.96. The van der Waals surface area contributed by atoms with Crippen molar-refractivity contribution in [3.05, 3.63) is 29.3 Å². The number of rotatable bonds is 5. The number of carboxylic acid groups (broad SMARTS) is 1. The summed E-state index contributed by atoms with van der Waals surface area (Å²) in [6.07, 6.45) is 0.296. The molecule has 0 heterocycles. The first-order valence-electron chi connectivity index (χ1n) is 5.43. The van der Waals surface area contributed by atoms with Crippen LogP contribution >= 0.6 is 0 Å². The number of halogens is 2. The highest BCUT2D eigenvalue weighted by atomic mass is 32.2. The van der Waals surface area contributed by atoms with E-state index in [-0.39, 0.29) is 0 Å². The molecule has 1 rings (SSSR count). The number of anilines is 1. The first-order valence-corrected chi connectivity index (χ1v) is 6.98. The van der Waals surface area contributed by atoms with E-state index in [4.69, 9.17) is 5.11 Å². The number of sulfonamides is 1. The first kappa shape index (κ1) is 15.4. The molecular weight excluding hydrogens is 280 g/mol. The summed E-state index contributed by atoms with van der Waals surface area (Å²) in [5, 5.41) is 7.88. The van der Waals surface area contributed by atoms with E-state index in [2.05, 4.69) is 0 Å². The van der Waals surface area contributed by atoms with Crippen LogP contribution in [0.5, 0.6) is 0 Å². The molecule has 0 aliphatic carbocycles. The van der Waals surface area contributed by atoms with Crippen LogP contribution in [0.3, 0.4) is 0 Å². The van der Waals surface area contributed by atoms with Gasteiger partial charge in [0, 0.05) is 0 Å². The maximum Gasteiger partial charge on any atom is 0.341 e. The largest absolute Gasteiger partial charge is 0.477 e. The zero-order chi connectivity index (χ0) is 14.8. The van der Waals surface area contributed by atoms with Crippen LogP contribution in [0.25, 0.3) is 0 Å². The number of carboxylic acids is 1. The Kier molecular flexibility index (Phi) is 4.46. The van der Waals surface area contributed by atoms with E-state index in [9.17, 15) is 22.0 Å². The van der Waals surface area contributed by atoms with Gasteiger partial charge in [0.05, 0.1) is 10.9 Å². The summed E-state index contributed by atoms with van der Waals surface area (Å²) in [6, 6.07) is 1.54. The van der Waals surface area contributed by atoms with Crippen molar-refractivity contribution in [2.24, 2.45) is 0 Å². The van der Waals surface area contributed by atoms with Crippen molar-refractivity contribution in [1.29, 1.82) is 0 Å². The predicted octanol–water partition coefficient (Wildman–Crippen LogP) is 2.20. The molecule has 1 unspecified atom stereocenters. The number of nitrogens with one attached hydrogen (secondary N) is 1. The lowest BCUT2D eigenvalue weighted by Crippen LogP contribution is -2.25. The summed E-state index contributed by atoms with van der Waals surface area (Å²) in [6.45, 7) is 3.05. The number of benzene rings is 1. The quantitative estimate of drug-likeness (QED) is 0.871. The highest BCUT2D eigenvalue weighted by Gasteiger charge is 2.24. The third-order valence-electron chi connectivity index (χ3n) is 2.66. The van der Waals surface area contributed by atoms with E-state index < -0.39 is 44.1 Å². The van der Waals surface area contributed by atoms with Crippen LogP contribution in [0.1, 0.15) is 30.6 Å². The number of carbonyl (C=O) groups is 1. The van der Waals surface area contributed by atoms with Gasteiger partial charge in [0.1, 0.15) is 11.4 Å². The van der Waals surface area contributed by atoms with Crippen molar-refractivity contribution in [3.8, 4) is 0 Å². The minimum Gasteiger partial charge on any atom is -0.477 e. The molecule has 106 valence electrons. The highest BCUT2D eigenvalue weighted by Crippen LogP contribution is 2.23. The van der Waals surface area contributed by atoms with E-state index in [0.29, 0.717) is 12.5 Å². The molecule has 19 heavy (non-hydrogen) atoms. The highest BCUT2D eigenvalue weighted by molar-refractivity contribution is 7.93. The fourth-order valence-corrected chi connectivity index (χ4v) is 2.40. The van der Waals surface area contributed by atoms with E-state index >= 15 is 0 Å². The second-order valence-corrected chi connectivity index (χ2v) is 6.05. The van der Waals surface area contributed by atoms with Gasteiger partial charge in [-0.3, -0.25) is 4.72 Å². The Labute approximate surface area is 109 Å². The van der Waals surface area contributed by atoms with Gasteiger partial charge in [-0.2, -0.15) is 0 Å². The van der Waals surface area contributed by atoms with Crippen LogP contribution < -0.4 is 4.72 Å². The molecule has 0 saturated carbocycles. The Morgan fingerprint density at radius 2 is 2.00 bits per heavy atom. The molecule has 0 fully saturated rings. The zero-order valence-electron chi connectivity index (χ0n) is 10.3. The SMILES string of the molecule is CCC(C)S(=O)(=O)Nc1ccc(F)c(C(=O)O)c1F. The summed E-state index contributed by atoms with van der Waals surface area (Å²) in [7, 11) is -3.85. The molecular formula is C11H13F2NO4S. The monoisotopic (exact) mass is 293 g/mol. The van der Waals surface area contributed by atoms with Gasteiger partial charge >= 0.3 is 5.97 Å². The smallest absolute Gasteiger partial charge is 0.341 e. The maximum atomic E-state index is 13.7. The lowest BCUT2D eigenvalue weighted by atomic mass is 10.2. The van der Waals surface area contributed by atoms with Crippen molar-refractivity contribution in [2.45, 2.75) is 25.5 Å². The van der Waals surface area contributed by atoms with Crippen LogP contribution in [0.15, 0.2) is 12.1 Å². The van der Waals surface area contributed by atoms with Crippen LogP contribution in [-0.2, 0) is 10.0 Å². The van der Waals surface area contributed by atoms with Crippen LogP contribution in [-0.4, -0.2) is 24.7 Å². The molecule has 0 radical (unpaired) electrons. The summed E-state index contributed by atoms with van der Waals surface area (Å²) < 4.78 is 52.3. The normalized spacial score (nSPS) is 13.1. The zero-order valence-corrected chi connectivity index (χ0v) is 11.1. The lowest BCUT2D eigenvalue weighted by molar-refractivity contribution is 0.0686. The van der Waals surface area contributed by atoms with Crippen LogP contribution in [0, 0.1) is 11.6 Å². The van der Waals surface area contributed by atoms with Gasteiger partial charge in [0.15, 0.2) is 5.82 Å². The van der Waals surface area contributed by atoms with Crippen molar-refractivity contribution in [1.82, 2.24) is 0 Å². The molecule has 0 aliphatic heterocycles. The van der Waals surface area contributed by atoms with Crippen molar-refractivity contribution >= 4 is 21.7 Å². The van der Waals surface area contributed by atoms with E-state index in [1.807, 2.05) is 4.72 Å². The van der Waals surface area contributed by atoms with Crippen molar-refractivity contribution < 1.29 is 27.1 Å². The molecule has 0 aliphatic rings. The topological polar surface area (TPSA) is 83.5 Å². The Morgan fingerprint density at radius 1 is 1.42 bits per heavy atom. The third kappa shape index (κ3) is 3.19.